The number of aromatic nitrogens is 2. The van der Waals surface area contributed by atoms with E-state index in [-0.39, 0.29) is 6.04 Å². The summed E-state index contributed by atoms with van der Waals surface area (Å²) in [6, 6.07) is 1.02. The van der Waals surface area contributed by atoms with E-state index in [1.54, 1.807) is 0 Å². The summed E-state index contributed by atoms with van der Waals surface area (Å²) in [5.41, 5.74) is 7.47. The molecule has 0 radical (unpaired) electrons. The van der Waals surface area contributed by atoms with Crippen molar-refractivity contribution in [1.29, 1.82) is 0 Å². The molecule has 0 bridgehead atoms. The summed E-state index contributed by atoms with van der Waals surface area (Å²) >= 11 is 0. The molecule has 2 rings (SSSR count). The van der Waals surface area contributed by atoms with Gasteiger partial charge < -0.3 is 5.73 Å². The van der Waals surface area contributed by atoms with Crippen LogP contribution < -0.4 is 5.73 Å². The molecule has 4 atom stereocenters. The summed E-state index contributed by atoms with van der Waals surface area (Å²) in [5, 5.41) is 4.29. The van der Waals surface area contributed by atoms with Crippen molar-refractivity contribution >= 4 is 0 Å². The summed E-state index contributed by atoms with van der Waals surface area (Å²) in [7, 11) is 1.96. The lowest BCUT2D eigenvalue weighted by atomic mass is 9.89. The molecule has 2 N–H and O–H groups in total. The van der Waals surface area contributed by atoms with Gasteiger partial charge in [-0.2, -0.15) is 5.10 Å². The van der Waals surface area contributed by atoms with E-state index < -0.39 is 0 Å². The topological polar surface area (TPSA) is 47.1 Å². The second-order valence-electron chi connectivity index (χ2n) is 5.97. The number of rotatable bonds is 3. The Labute approximate surface area is 110 Å². The van der Waals surface area contributed by atoms with Crippen molar-refractivity contribution in [3.8, 4) is 0 Å². The maximum atomic E-state index is 6.23. The van der Waals surface area contributed by atoms with Crippen LogP contribution in [0.4, 0.5) is 0 Å². The third kappa shape index (κ3) is 2.75. The molecule has 102 valence electrons. The third-order valence-corrected chi connectivity index (χ3v) is 4.11. The van der Waals surface area contributed by atoms with E-state index in [0.717, 1.165) is 12.5 Å². The highest BCUT2D eigenvalue weighted by molar-refractivity contribution is 5.14. The first kappa shape index (κ1) is 13.6. The standard InChI is InChI=1S/C14H26N4/c1-10-5-6-18(11(2)7-10)14(12(3)15)13-8-16-17(4)9-13/h8-12,14H,5-7,15H2,1-4H3. The third-order valence-electron chi connectivity index (χ3n) is 4.11. The van der Waals surface area contributed by atoms with Crippen LogP contribution in [-0.4, -0.2) is 33.3 Å². The lowest BCUT2D eigenvalue weighted by Gasteiger charge is -2.43. The second kappa shape index (κ2) is 5.41. The van der Waals surface area contributed by atoms with Gasteiger partial charge in [-0.1, -0.05) is 6.92 Å². The Bertz CT molecular complexity index is 385. The molecule has 4 heteroatoms. The van der Waals surface area contributed by atoms with Crippen molar-refractivity contribution in [3.63, 3.8) is 0 Å². The molecule has 1 aliphatic rings. The Morgan fingerprint density at radius 3 is 2.67 bits per heavy atom. The van der Waals surface area contributed by atoms with Gasteiger partial charge in [0.25, 0.3) is 0 Å². The molecule has 18 heavy (non-hydrogen) atoms. The van der Waals surface area contributed by atoms with E-state index in [0.29, 0.717) is 12.1 Å². The van der Waals surface area contributed by atoms with Gasteiger partial charge in [-0.25, -0.2) is 0 Å². The molecule has 1 fully saturated rings. The highest BCUT2D eigenvalue weighted by Gasteiger charge is 2.32. The van der Waals surface area contributed by atoms with Gasteiger partial charge in [0.2, 0.25) is 0 Å². The fraction of sp³-hybridized carbons (Fsp3) is 0.786. The van der Waals surface area contributed by atoms with Gasteiger partial charge in [-0.05, 0) is 39.2 Å². The average molecular weight is 250 g/mol. The fourth-order valence-electron chi connectivity index (χ4n) is 3.23. The molecule has 0 saturated carbocycles. The quantitative estimate of drug-likeness (QED) is 0.891. The van der Waals surface area contributed by atoms with Crippen LogP contribution in [0.1, 0.15) is 45.2 Å². The molecule has 1 aromatic heterocycles. The van der Waals surface area contributed by atoms with Crippen LogP contribution in [0.25, 0.3) is 0 Å². The molecule has 4 unspecified atom stereocenters. The van der Waals surface area contributed by atoms with Gasteiger partial charge in [0.05, 0.1) is 12.2 Å². The Hall–Kier alpha value is -0.870. The zero-order chi connectivity index (χ0) is 13.3. The fourth-order valence-corrected chi connectivity index (χ4v) is 3.23. The largest absolute Gasteiger partial charge is 0.326 e. The van der Waals surface area contributed by atoms with Gasteiger partial charge in [-0.3, -0.25) is 9.58 Å². The molecule has 0 aromatic carbocycles. The minimum absolute atomic E-state index is 0.130. The SMILES string of the molecule is CC1CCN(C(c2cnn(C)c2)C(C)N)C(C)C1. The van der Waals surface area contributed by atoms with Crippen LogP contribution in [0.5, 0.6) is 0 Å². The van der Waals surface area contributed by atoms with Crippen LogP contribution in [-0.2, 0) is 7.05 Å². The predicted octanol–water partition coefficient (Wildman–Crippen LogP) is 1.93. The molecule has 4 nitrogen and oxygen atoms in total. The first-order chi connectivity index (χ1) is 8.49. The van der Waals surface area contributed by atoms with Crippen molar-refractivity contribution in [2.45, 2.75) is 51.7 Å². The van der Waals surface area contributed by atoms with Gasteiger partial charge in [0.1, 0.15) is 0 Å². The maximum absolute atomic E-state index is 6.23. The number of nitrogens with two attached hydrogens (primary N) is 1. The number of likely N-dealkylation sites (tertiary alicyclic amines) is 1. The van der Waals surface area contributed by atoms with Crippen molar-refractivity contribution < 1.29 is 0 Å². The Kier molecular flexibility index (Phi) is 4.07. The van der Waals surface area contributed by atoms with Crippen molar-refractivity contribution in [2.75, 3.05) is 6.54 Å². The van der Waals surface area contributed by atoms with E-state index in [2.05, 4.69) is 37.0 Å². The monoisotopic (exact) mass is 250 g/mol. The molecule has 0 amide bonds. The van der Waals surface area contributed by atoms with Crippen molar-refractivity contribution in [1.82, 2.24) is 14.7 Å². The smallest absolute Gasteiger partial charge is 0.0538 e. The van der Waals surface area contributed by atoms with E-state index in [1.165, 1.54) is 18.4 Å². The van der Waals surface area contributed by atoms with Crippen LogP contribution in [0.2, 0.25) is 0 Å². The second-order valence-corrected chi connectivity index (χ2v) is 5.97. The molecule has 2 heterocycles. The molecule has 0 spiro atoms. The van der Waals surface area contributed by atoms with Gasteiger partial charge in [-0.15, -0.1) is 0 Å². The summed E-state index contributed by atoms with van der Waals surface area (Å²) in [4.78, 5) is 2.56. The van der Waals surface area contributed by atoms with Gasteiger partial charge >= 0.3 is 0 Å². The highest BCUT2D eigenvalue weighted by atomic mass is 15.3. The molecule has 0 aliphatic carbocycles. The van der Waals surface area contributed by atoms with E-state index in [4.69, 9.17) is 5.73 Å². The van der Waals surface area contributed by atoms with E-state index >= 15 is 0 Å². The summed E-state index contributed by atoms with van der Waals surface area (Å²) in [6.07, 6.45) is 6.59. The summed E-state index contributed by atoms with van der Waals surface area (Å²) in [6.45, 7) is 7.91. The lowest BCUT2D eigenvalue weighted by molar-refractivity contribution is 0.0708. The zero-order valence-corrected chi connectivity index (χ0v) is 12.0. The number of aryl methyl sites for hydroxylation is 1. The molecule has 1 saturated heterocycles. The van der Waals surface area contributed by atoms with E-state index in [9.17, 15) is 0 Å². The normalized spacial score (nSPS) is 29.2. The van der Waals surface area contributed by atoms with Crippen LogP contribution in [0, 0.1) is 5.92 Å². The van der Waals surface area contributed by atoms with Crippen LogP contribution in [0.15, 0.2) is 12.4 Å². The van der Waals surface area contributed by atoms with Crippen molar-refractivity contribution in [3.05, 3.63) is 18.0 Å². The van der Waals surface area contributed by atoms with Crippen molar-refractivity contribution in [2.24, 2.45) is 18.7 Å². The number of hydrogen-bond donors (Lipinski definition) is 1. The molecular formula is C14H26N4. The highest BCUT2D eigenvalue weighted by Crippen LogP contribution is 2.32. The number of nitrogens with zero attached hydrogens (tertiary/aromatic N) is 3. The zero-order valence-electron chi connectivity index (χ0n) is 12.0. The Morgan fingerprint density at radius 2 is 2.17 bits per heavy atom. The first-order valence-electron chi connectivity index (χ1n) is 6.99. The Morgan fingerprint density at radius 1 is 1.44 bits per heavy atom. The summed E-state index contributed by atoms with van der Waals surface area (Å²) < 4.78 is 1.86. The molecular weight excluding hydrogens is 224 g/mol. The van der Waals surface area contributed by atoms with E-state index in [1.807, 2.05) is 17.9 Å². The minimum Gasteiger partial charge on any atom is -0.326 e. The Balaban J connectivity index is 2.20. The summed E-state index contributed by atoms with van der Waals surface area (Å²) in [5.74, 6) is 0.832. The van der Waals surface area contributed by atoms with Crippen LogP contribution >= 0.6 is 0 Å². The number of hydrogen-bond acceptors (Lipinski definition) is 3. The minimum atomic E-state index is 0.130. The molecule has 1 aliphatic heterocycles. The first-order valence-corrected chi connectivity index (χ1v) is 6.99. The lowest BCUT2D eigenvalue weighted by Crippen LogP contribution is -2.47. The average Bonchev–Trinajstić information content (AvgIpc) is 2.68. The predicted molar refractivity (Wildman–Crippen MR) is 74.2 cm³/mol. The van der Waals surface area contributed by atoms with Gasteiger partial charge in [0, 0.05) is 30.9 Å². The van der Waals surface area contributed by atoms with Gasteiger partial charge in [0.15, 0.2) is 0 Å². The van der Waals surface area contributed by atoms with Crippen LogP contribution in [0.3, 0.4) is 0 Å². The number of piperidine rings is 1. The molecule has 1 aromatic rings. The maximum Gasteiger partial charge on any atom is 0.0538 e.